The van der Waals surface area contributed by atoms with E-state index in [1.807, 2.05) is 23.9 Å². The summed E-state index contributed by atoms with van der Waals surface area (Å²) < 4.78 is 5.23. The molecule has 0 amide bonds. The summed E-state index contributed by atoms with van der Waals surface area (Å²) >= 11 is 2.00. The third kappa shape index (κ3) is 3.30. The van der Waals surface area contributed by atoms with Crippen LogP contribution in [0.3, 0.4) is 0 Å². The first-order chi connectivity index (χ1) is 10.3. The lowest BCUT2D eigenvalue weighted by Crippen LogP contribution is -2.53. The lowest BCUT2D eigenvalue weighted by atomic mass is 10.1. The Morgan fingerprint density at radius 1 is 1.10 bits per heavy atom. The van der Waals surface area contributed by atoms with Gasteiger partial charge >= 0.3 is 0 Å². The minimum absolute atomic E-state index is 0.706. The third-order valence-corrected chi connectivity index (χ3v) is 5.74. The van der Waals surface area contributed by atoms with Crippen LogP contribution < -0.4 is 15.0 Å². The number of methoxy groups -OCH3 is 1. The Kier molecular flexibility index (Phi) is 4.93. The molecule has 2 heterocycles. The molecule has 5 heteroatoms. The van der Waals surface area contributed by atoms with Crippen molar-refractivity contribution in [3.05, 3.63) is 24.3 Å². The molecule has 0 bridgehead atoms. The molecule has 4 nitrogen and oxygen atoms in total. The summed E-state index contributed by atoms with van der Waals surface area (Å²) in [7, 11) is 1.71. The standard InChI is InChI=1S/C16H25N3OS/c1-20-14-5-3-13(4-6-14)18-7-9-19(10-8-18)15-11-17-12-16(15)21-2/h3-6,15-17H,7-12H2,1-2H3. The van der Waals surface area contributed by atoms with E-state index in [9.17, 15) is 0 Å². The molecule has 1 aromatic rings. The number of nitrogens with one attached hydrogen (secondary N) is 1. The highest BCUT2D eigenvalue weighted by Gasteiger charge is 2.33. The van der Waals surface area contributed by atoms with E-state index in [2.05, 4.69) is 33.5 Å². The van der Waals surface area contributed by atoms with Gasteiger partial charge in [-0.3, -0.25) is 4.90 Å². The quantitative estimate of drug-likeness (QED) is 0.910. The van der Waals surface area contributed by atoms with Gasteiger partial charge in [-0.25, -0.2) is 0 Å². The first kappa shape index (κ1) is 15.0. The second-order valence-corrected chi connectivity index (χ2v) is 6.80. The van der Waals surface area contributed by atoms with Crippen molar-refractivity contribution < 1.29 is 4.74 Å². The zero-order chi connectivity index (χ0) is 14.7. The predicted octanol–water partition coefficient (Wildman–Crippen LogP) is 1.52. The number of nitrogens with zero attached hydrogens (tertiary/aromatic N) is 2. The smallest absolute Gasteiger partial charge is 0.119 e. The van der Waals surface area contributed by atoms with Gasteiger partial charge in [0, 0.05) is 56.2 Å². The van der Waals surface area contributed by atoms with Crippen molar-refractivity contribution in [2.24, 2.45) is 0 Å². The fourth-order valence-electron chi connectivity index (χ4n) is 3.35. The van der Waals surface area contributed by atoms with Gasteiger partial charge in [0.2, 0.25) is 0 Å². The Balaban J connectivity index is 1.57. The van der Waals surface area contributed by atoms with E-state index in [0.29, 0.717) is 6.04 Å². The summed E-state index contributed by atoms with van der Waals surface area (Å²) in [5.41, 5.74) is 1.31. The Bertz CT molecular complexity index is 445. The second-order valence-electron chi connectivity index (χ2n) is 5.72. The first-order valence-electron chi connectivity index (χ1n) is 7.68. The normalized spacial score (nSPS) is 27.0. The van der Waals surface area contributed by atoms with Crippen LogP contribution >= 0.6 is 11.8 Å². The van der Waals surface area contributed by atoms with E-state index in [0.717, 1.165) is 50.3 Å². The molecule has 0 spiro atoms. The second kappa shape index (κ2) is 6.90. The largest absolute Gasteiger partial charge is 0.497 e. The molecule has 1 N–H and O–H groups in total. The van der Waals surface area contributed by atoms with Gasteiger partial charge in [-0.15, -0.1) is 0 Å². The van der Waals surface area contributed by atoms with Gasteiger partial charge in [-0.2, -0.15) is 11.8 Å². The van der Waals surface area contributed by atoms with Crippen LogP contribution in [0.25, 0.3) is 0 Å². The molecule has 2 aliphatic rings. The monoisotopic (exact) mass is 307 g/mol. The molecule has 21 heavy (non-hydrogen) atoms. The number of rotatable bonds is 4. The number of benzene rings is 1. The SMILES string of the molecule is COc1ccc(N2CCN(C3CNCC3SC)CC2)cc1. The Morgan fingerprint density at radius 2 is 1.81 bits per heavy atom. The maximum absolute atomic E-state index is 5.23. The molecule has 2 atom stereocenters. The van der Waals surface area contributed by atoms with E-state index in [4.69, 9.17) is 4.74 Å². The molecular formula is C16H25N3OS. The van der Waals surface area contributed by atoms with Gasteiger partial charge in [0.05, 0.1) is 7.11 Å². The molecule has 0 aliphatic carbocycles. The van der Waals surface area contributed by atoms with Crippen LogP contribution in [-0.2, 0) is 0 Å². The van der Waals surface area contributed by atoms with E-state index >= 15 is 0 Å². The average molecular weight is 307 g/mol. The van der Waals surface area contributed by atoms with Gasteiger partial charge < -0.3 is 15.0 Å². The van der Waals surface area contributed by atoms with Gasteiger partial charge in [-0.05, 0) is 30.5 Å². The number of ether oxygens (including phenoxy) is 1. The van der Waals surface area contributed by atoms with Crippen LogP contribution in [0.4, 0.5) is 5.69 Å². The van der Waals surface area contributed by atoms with E-state index in [1.165, 1.54) is 5.69 Å². The number of hydrogen-bond donors (Lipinski definition) is 1. The fraction of sp³-hybridized carbons (Fsp3) is 0.625. The van der Waals surface area contributed by atoms with Crippen LogP contribution in [0.2, 0.25) is 0 Å². The highest BCUT2D eigenvalue weighted by atomic mass is 32.2. The molecular weight excluding hydrogens is 282 g/mol. The van der Waals surface area contributed by atoms with Crippen LogP contribution in [0.1, 0.15) is 0 Å². The molecule has 3 rings (SSSR count). The van der Waals surface area contributed by atoms with Crippen molar-refractivity contribution in [1.82, 2.24) is 10.2 Å². The Hall–Kier alpha value is -0.910. The van der Waals surface area contributed by atoms with Gasteiger partial charge in [-0.1, -0.05) is 0 Å². The molecule has 0 radical (unpaired) electrons. The van der Waals surface area contributed by atoms with E-state index < -0.39 is 0 Å². The Labute approximate surface area is 131 Å². The topological polar surface area (TPSA) is 27.7 Å². The van der Waals surface area contributed by atoms with Gasteiger partial charge in [0.15, 0.2) is 0 Å². The summed E-state index contributed by atoms with van der Waals surface area (Å²) in [6.07, 6.45) is 2.23. The molecule has 2 aliphatic heterocycles. The summed E-state index contributed by atoms with van der Waals surface area (Å²) in [4.78, 5) is 5.15. The van der Waals surface area contributed by atoms with E-state index in [-0.39, 0.29) is 0 Å². The number of piperazine rings is 1. The summed E-state index contributed by atoms with van der Waals surface area (Å²) in [5.74, 6) is 0.928. The number of hydrogen-bond acceptors (Lipinski definition) is 5. The van der Waals surface area contributed by atoms with Gasteiger partial charge in [0.25, 0.3) is 0 Å². The lowest BCUT2D eigenvalue weighted by Gasteiger charge is -2.40. The zero-order valence-corrected chi connectivity index (χ0v) is 13.7. The first-order valence-corrected chi connectivity index (χ1v) is 8.97. The summed E-state index contributed by atoms with van der Waals surface area (Å²) in [6, 6.07) is 9.13. The van der Waals surface area contributed by atoms with Crippen molar-refractivity contribution in [2.75, 3.05) is 57.5 Å². The number of thioether (sulfide) groups is 1. The highest BCUT2D eigenvalue weighted by Crippen LogP contribution is 2.24. The van der Waals surface area contributed by atoms with Crippen molar-refractivity contribution >= 4 is 17.4 Å². The fourth-order valence-corrected chi connectivity index (χ4v) is 4.22. The molecule has 0 saturated carbocycles. The van der Waals surface area contributed by atoms with Crippen LogP contribution in [-0.4, -0.2) is 68.8 Å². The maximum atomic E-state index is 5.23. The van der Waals surface area contributed by atoms with Crippen LogP contribution in [0, 0.1) is 0 Å². The minimum atomic E-state index is 0.706. The van der Waals surface area contributed by atoms with Gasteiger partial charge in [0.1, 0.15) is 5.75 Å². The molecule has 2 unspecified atom stereocenters. The summed E-state index contributed by atoms with van der Waals surface area (Å²) in [5, 5.41) is 4.28. The predicted molar refractivity (Wildman–Crippen MR) is 90.7 cm³/mol. The molecule has 2 fully saturated rings. The van der Waals surface area contributed by atoms with Crippen LogP contribution in [0.15, 0.2) is 24.3 Å². The molecule has 0 aromatic heterocycles. The van der Waals surface area contributed by atoms with Crippen molar-refractivity contribution in [1.29, 1.82) is 0 Å². The van der Waals surface area contributed by atoms with E-state index in [1.54, 1.807) is 7.11 Å². The average Bonchev–Trinajstić information content (AvgIpc) is 3.04. The summed E-state index contributed by atoms with van der Waals surface area (Å²) in [6.45, 7) is 6.86. The lowest BCUT2D eigenvalue weighted by molar-refractivity contribution is 0.200. The number of anilines is 1. The van der Waals surface area contributed by atoms with Crippen molar-refractivity contribution in [2.45, 2.75) is 11.3 Å². The zero-order valence-electron chi connectivity index (χ0n) is 12.9. The van der Waals surface area contributed by atoms with Crippen molar-refractivity contribution in [3.63, 3.8) is 0 Å². The van der Waals surface area contributed by atoms with Crippen molar-refractivity contribution in [3.8, 4) is 5.75 Å². The third-order valence-electron chi connectivity index (χ3n) is 4.65. The Morgan fingerprint density at radius 3 is 2.43 bits per heavy atom. The molecule has 1 aromatic carbocycles. The van der Waals surface area contributed by atoms with Crippen LogP contribution in [0.5, 0.6) is 5.75 Å². The highest BCUT2D eigenvalue weighted by molar-refractivity contribution is 7.99. The maximum Gasteiger partial charge on any atom is 0.119 e. The minimum Gasteiger partial charge on any atom is -0.497 e. The molecule has 116 valence electrons. The molecule has 2 saturated heterocycles.